The quantitative estimate of drug-likeness (QED) is 0.730. The van der Waals surface area contributed by atoms with Crippen molar-refractivity contribution in [3.8, 4) is 0 Å². The molecule has 0 saturated heterocycles. The lowest BCUT2D eigenvalue weighted by Gasteiger charge is -2.10. The van der Waals surface area contributed by atoms with E-state index in [0.29, 0.717) is 0 Å². The van der Waals surface area contributed by atoms with E-state index in [0.717, 1.165) is 35.8 Å². The number of benzene rings is 1. The lowest BCUT2D eigenvalue weighted by molar-refractivity contribution is 0.112. The molecule has 0 N–H and O–H groups in total. The van der Waals surface area contributed by atoms with Crippen LogP contribution in [0.2, 0.25) is 0 Å². The van der Waals surface area contributed by atoms with E-state index >= 15 is 0 Å². The Labute approximate surface area is 95.3 Å². The van der Waals surface area contributed by atoms with Gasteiger partial charge in [-0.1, -0.05) is 18.2 Å². The molecule has 0 radical (unpaired) electrons. The molecule has 84 valence electrons. The zero-order chi connectivity index (χ0) is 11.5. The number of nitrogens with zero attached hydrogens (tertiary/aromatic N) is 2. The van der Waals surface area contributed by atoms with Gasteiger partial charge in [-0.15, -0.1) is 0 Å². The number of carbonyl (C=O) groups excluding carboxylic acids is 1. The third kappa shape index (κ3) is 1.99. The first-order chi connectivity index (χ1) is 7.72. The molecule has 0 saturated carbocycles. The highest BCUT2D eigenvalue weighted by Gasteiger charge is 2.06. The van der Waals surface area contributed by atoms with Gasteiger partial charge in [-0.3, -0.25) is 4.79 Å². The van der Waals surface area contributed by atoms with E-state index in [1.54, 1.807) is 0 Å². The highest BCUT2D eigenvalue weighted by atomic mass is 16.1. The zero-order valence-corrected chi connectivity index (χ0v) is 9.68. The van der Waals surface area contributed by atoms with E-state index < -0.39 is 0 Å². The fourth-order valence-electron chi connectivity index (χ4n) is 1.86. The minimum atomic E-state index is 0.773. The topological polar surface area (TPSA) is 25.2 Å². The lowest BCUT2D eigenvalue weighted by atomic mass is 10.2. The standard InChI is InChI=1S/C13H16N2O/c1-14(2)7-8-15-9-11(10-16)12-5-3-4-6-13(12)15/h3-6,9-10H,7-8H2,1-2H3. The fraction of sp³-hybridized carbons (Fsp3) is 0.308. The van der Waals surface area contributed by atoms with Crippen molar-refractivity contribution in [1.82, 2.24) is 9.47 Å². The SMILES string of the molecule is CN(C)CCn1cc(C=O)c2ccccc21. The molecule has 1 aromatic carbocycles. The maximum atomic E-state index is 10.9. The van der Waals surface area contributed by atoms with Crippen LogP contribution in [0.3, 0.4) is 0 Å². The highest BCUT2D eigenvalue weighted by Crippen LogP contribution is 2.19. The summed E-state index contributed by atoms with van der Waals surface area (Å²) in [5.74, 6) is 0. The highest BCUT2D eigenvalue weighted by molar-refractivity contribution is 5.97. The maximum Gasteiger partial charge on any atom is 0.152 e. The summed E-state index contributed by atoms with van der Waals surface area (Å²) in [6.45, 7) is 1.87. The molecule has 0 aliphatic rings. The molecular weight excluding hydrogens is 200 g/mol. The van der Waals surface area contributed by atoms with Crippen molar-refractivity contribution in [1.29, 1.82) is 0 Å². The Morgan fingerprint density at radius 2 is 2.06 bits per heavy atom. The summed E-state index contributed by atoms with van der Waals surface area (Å²) in [6, 6.07) is 8.01. The minimum Gasteiger partial charge on any atom is -0.345 e. The van der Waals surface area contributed by atoms with Gasteiger partial charge in [0.05, 0.1) is 0 Å². The van der Waals surface area contributed by atoms with Crippen LogP contribution in [0.15, 0.2) is 30.5 Å². The number of para-hydroxylation sites is 1. The van der Waals surface area contributed by atoms with Gasteiger partial charge in [0.1, 0.15) is 0 Å². The first-order valence-electron chi connectivity index (χ1n) is 5.40. The summed E-state index contributed by atoms with van der Waals surface area (Å²) < 4.78 is 2.14. The van der Waals surface area contributed by atoms with Crippen molar-refractivity contribution < 1.29 is 4.79 Å². The molecule has 0 unspecified atom stereocenters. The van der Waals surface area contributed by atoms with Gasteiger partial charge in [-0.05, 0) is 20.2 Å². The Balaban J connectivity index is 2.41. The number of rotatable bonds is 4. The van der Waals surface area contributed by atoms with Crippen LogP contribution in [-0.2, 0) is 6.54 Å². The Hall–Kier alpha value is -1.61. The molecule has 2 rings (SSSR count). The summed E-state index contributed by atoms with van der Waals surface area (Å²) in [6.07, 6.45) is 2.86. The lowest BCUT2D eigenvalue weighted by Crippen LogP contribution is -2.17. The molecule has 0 bridgehead atoms. The van der Waals surface area contributed by atoms with Gasteiger partial charge >= 0.3 is 0 Å². The second-order valence-electron chi connectivity index (χ2n) is 4.22. The van der Waals surface area contributed by atoms with E-state index in [9.17, 15) is 4.79 Å². The molecule has 0 fully saturated rings. The number of carbonyl (C=O) groups is 1. The van der Waals surface area contributed by atoms with E-state index in [-0.39, 0.29) is 0 Å². The van der Waals surface area contributed by atoms with Gasteiger partial charge in [0.2, 0.25) is 0 Å². The van der Waals surface area contributed by atoms with Crippen LogP contribution in [0.25, 0.3) is 10.9 Å². The van der Waals surface area contributed by atoms with Crippen LogP contribution in [0.5, 0.6) is 0 Å². The Morgan fingerprint density at radius 3 is 2.75 bits per heavy atom. The Morgan fingerprint density at radius 1 is 1.31 bits per heavy atom. The predicted octanol–water partition coefficient (Wildman–Crippen LogP) is 2.02. The molecule has 0 aliphatic carbocycles. The fourth-order valence-corrected chi connectivity index (χ4v) is 1.86. The average Bonchev–Trinajstić information content (AvgIpc) is 2.65. The number of fused-ring (bicyclic) bond motifs is 1. The molecule has 2 aromatic rings. The summed E-state index contributed by atoms with van der Waals surface area (Å²) >= 11 is 0. The number of aromatic nitrogens is 1. The van der Waals surface area contributed by atoms with Crippen LogP contribution in [0.4, 0.5) is 0 Å². The number of hydrogen-bond donors (Lipinski definition) is 0. The third-order valence-corrected chi connectivity index (χ3v) is 2.73. The van der Waals surface area contributed by atoms with Crippen LogP contribution in [0, 0.1) is 0 Å². The summed E-state index contributed by atoms with van der Waals surface area (Å²) in [7, 11) is 4.10. The molecule has 16 heavy (non-hydrogen) atoms. The second kappa shape index (κ2) is 4.49. The van der Waals surface area contributed by atoms with Crippen molar-refractivity contribution in [3.63, 3.8) is 0 Å². The number of hydrogen-bond acceptors (Lipinski definition) is 2. The molecule has 1 heterocycles. The van der Waals surface area contributed by atoms with E-state index in [1.165, 1.54) is 0 Å². The summed E-state index contributed by atoms with van der Waals surface area (Å²) in [5, 5.41) is 1.04. The van der Waals surface area contributed by atoms with Crippen molar-refractivity contribution in [2.45, 2.75) is 6.54 Å². The Bertz CT molecular complexity index is 500. The van der Waals surface area contributed by atoms with Gasteiger partial charge < -0.3 is 9.47 Å². The molecule has 0 spiro atoms. The van der Waals surface area contributed by atoms with Gasteiger partial charge in [0.25, 0.3) is 0 Å². The molecule has 0 atom stereocenters. The van der Waals surface area contributed by atoms with Crippen molar-refractivity contribution >= 4 is 17.2 Å². The molecule has 0 amide bonds. The molecule has 1 aromatic heterocycles. The first-order valence-corrected chi connectivity index (χ1v) is 5.40. The smallest absolute Gasteiger partial charge is 0.152 e. The minimum absolute atomic E-state index is 0.773. The van der Waals surface area contributed by atoms with Crippen LogP contribution in [0.1, 0.15) is 10.4 Å². The summed E-state index contributed by atoms with van der Waals surface area (Å²) in [5.41, 5.74) is 1.90. The van der Waals surface area contributed by atoms with Crippen LogP contribution < -0.4 is 0 Å². The monoisotopic (exact) mass is 216 g/mol. The number of aldehydes is 1. The zero-order valence-electron chi connectivity index (χ0n) is 9.68. The van der Waals surface area contributed by atoms with E-state index in [4.69, 9.17) is 0 Å². The van der Waals surface area contributed by atoms with Crippen LogP contribution >= 0.6 is 0 Å². The van der Waals surface area contributed by atoms with Gasteiger partial charge in [0, 0.05) is 35.8 Å². The number of likely N-dealkylation sites (N-methyl/N-ethyl adjacent to an activating group) is 1. The first kappa shape index (κ1) is 10.9. The Kier molecular flexibility index (Phi) is 3.06. The average molecular weight is 216 g/mol. The molecule has 0 aliphatic heterocycles. The second-order valence-corrected chi connectivity index (χ2v) is 4.22. The van der Waals surface area contributed by atoms with Gasteiger partial charge in [0.15, 0.2) is 6.29 Å². The van der Waals surface area contributed by atoms with Crippen LogP contribution in [-0.4, -0.2) is 36.4 Å². The maximum absolute atomic E-state index is 10.9. The van der Waals surface area contributed by atoms with Crippen molar-refractivity contribution in [3.05, 3.63) is 36.0 Å². The summed E-state index contributed by atoms with van der Waals surface area (Å²) in [4.78, 5) is 13.1. The third-order valence-electron chi connectivity index (χ3n) is 2.73. The van der Waals surface area contributed by atoms with E-state index in [2.05, 4.69) is 15.5 Å². The molecule has 3 nitrogen and oxygen atoms in total. The predicted molar refractivity (Wildman–Crippen MR) is 65.9 cm³/mol. The van der Waals surface area contributed by atoms with Gasteiger partial charge in [-0.2, -0.15) is 0 Å². The van der Waals surface area contributed by atoms with Gasteiger partial charge in [-0.25, -0.2) is 0 Å². The molecule has 3 heteroatoms. The van der Waals surface area contributed by atoms with Crippen molar-refractivity contribution in [2.24, 2.45) is 0 Å². The normalized spacial score (nSPS) is 11.2. The molecular formula is C13H16N2O. The van der Waals surface area contributed by atoms with Crippen molar-refractivity contribution in [2.75, 3.05) is 20.6 Å². The van der Waals surface area contributed by atoms with E-state index in [1.807, 2.05) is 38.5 Å². The largest absolute Gasteiger partial charge is 0.345 e.